The Hall–Kier alpha value is -3.27. The Morgan fingerprint density at radius 2 is 1.81 bits per heavy atom. The number of halogens is 3. The minimum Gasteiger partial charge on any atom is -0.493 e. The molecule has 2 aromatic rings. The smallest absolute Gasteiger partial charge is 0.387 e. The van der Waals surface area contributed by atoms with Crippen LogP contribution in [0.3, 0.4) is 0 Å². The maximum absolute atomic E-state index is 12.5. The topological polar surface area (TPSA) is 109 Å². The standard InChI is InChI=1S/C20H21ClF2N2O6/c1-28-15-7-11(3-4-14(15)31-20(22)23)5-6-25-19(27)12-8-13(21)18(16(9-12)29-2)30-10-17(24)26/h3-4,7-9,20H,5-6,10H2,1-2H3,(H2,24,26)(H,25,27). The first kappa shape index (κ1) is 24.0. The highest BCUT2D eigenvalue weighted by Gasteiger charge is 2.17. The summed E-state index contributed by atoms with van der Waals surface area (Å²) in [6, 6.07) is 7.30. The Kier molecular flexibility index (Phi) is 8.68. The Labute approximate surface area is 182 Å². The summed E-state index contributed by atoms with van der Waals surface area (Å²) in [5.74, 6) is -0.773. The quantitative estimate of drug-likeness (QED) is 0.536. The van der Waals surface area contributed by atoms with Crippen LogP contribution in [0.2, 0.25) is 5.02 Å². The van der Waals surface area contributed by atoms with Gasteiger partial charge in [-0.2, -0.15) is 8.78 Å². The zero-order valence-corrected chi connectivity index (χ0v) is 17.5. The van der Waals surface area contributed by atoms with Crippen molar-refractivity contribution in [1.29, 1.82) is 0 Å². The molecule has 2 aromatic carbocycles. The molecular weight excluding hydrogens is 438 g/mol. The first-order valence-corrected chi connectivity index (χ1v) is 9.31. The summed E-state index contributed by atoms with van der Waals surface area (Å²) in [7, 11) is 2.70. The number of carbonyl (C=O) groups excluding carboxylic acids is 2. The van der Waals surface area contributed by atoms with Crippen LogP contribution in [0.1, 0.15) is 15.9 Å². The molecule has 3 N–H and O–H groups in total. The molecule has 0 atom stereocenters. The van der Waals surface area contributed by atoms with E-state index in [2.05, 4.69) is 10.1 Å². The number of carbonyl (C=O) groups is 2. The molecule has 0 radical (unpaired) electrons. The van der Waals surface area contributed by atoms with Crippen molar-refractivity contribution < 1.29 is 37.3 Å². The third-order valence-electron chi connectivity index (χ3n) is 3.99. The average molecular weight is 459 g/mol. The van der Waals surface area contributed by atoms with Crippen molar-refractivity contribution >= 4 is 23.4 Å². The highest BCUT2D eigenvalue weighted by molar-refractivity contribution is 6.32. The third kappa shape index (κ3) is 6.88. The molecule has 0 spiro atoms. The van der Waals surface area contributed by atoms with E-state index >= 15 is 0 Å². The van der Waals surface area contributed by atoms with Crippen molar-refractivity contribution in [3.63, 3.8) is 0 Å². The van der Waals surface area contributed by atoms with Gasteiger partial charge in [-0.25, -0.2) is 0 Å². The first-order chi connectivity index (χ1) is 14.7. The average Bonchev–Trinajstić information content (AvgIpc) is 2.72. The van der Waals surface area contributed by atoms with E-state index in [4.69, 9.17) is 31.5 Å². The van der Waals surface area contributed by atoms with Gasteiger partial charge in [0.1, 0.15) is 0 Å². The second-order valence-corrected chi connectivity index (χ2v) is 6.52. The lowest BCUT2D eigenvalue weighted by molar-refractivity contribution is -0.119. The first-order valence-electron chi connectivity index (χ1n) is 8.93. The van der Waals surface area contributed by atoms with E-state index in [1.807, 2.05) is 0 Å². The van der Waals surface area contributed by atoms with Crippen LogP contribution in [0.5, 0.6) is 23.0 Å². The molecular formula is C20H21ClF2N2O6. The number of rotatable bonds is 11. The van der Waals surface area contributed by atoms with E-state index in [9.17, 15) is 18.4 Å². The summed E-state index contributed by atoms with van der Waals surface area (Å²) in [6.45, 7) is -3.11. The molecule has 0 saturated heterocycles. The van der Waals surface area contributed by atoms with Gasteiger partial charge in [-0.1, -0.05) is 17.7 Å². The number of methoxy groups -OCH3 is 2. The number of hydrogen-bond acceptors (Lipinski definition) is 6. The van der Waals surface area contributed by atoms with E-state index in [-0.39, 0.29) is 40.1 Å². The van der Waals surface area contributed by atoms with Gasteiger partial charge in [0.15, 0.2) is 29.6 Å². The van der Waals surface area contributed by atoms with Gasteiger partial charge >= 0.3 is 6.61 Å². The van der Waals surface area contributed by atoms with Crippen LogP contribution >= 0.6 is 11.6 Å². The number of ether oxygens (including phenoxy) is 4. The second-order valence-electron chi connectivity index (χ2n) is 6.11. The Bertz CT molecular complexity index is 942. The molecule has 2 rings (SSSR count). The summed E-state index contributed by atoms with van der Waals surface area (Å²) in [6.07, 6.45) is 0.404. The molecule has 8 nitrogen and oxygen atoms in total. The maximum Gasteiger partial charge on any atom is 0.387 e. The number of benzene rings is 2. The van der Waals surface area contributed by atoms with E-state index in [0.29, 0.717) is 6.42 Å². The molecule has 0 bridgehead atoms. The van der Waals surface area contributed by atoms with Gasteiger partial charge in [0.2, 0.25) is 0 Å². The predicted octanol–water partition coefficient (Wildman–Crippen LogP) is 2.80. The van der Waals surface area contributed by atoms with Crippen LogP contribution in [-0.4, -0.2) is 45.8 Å². The lowest BCUT2D eigenvalue weighted by Crippen LogP contribution is -2.26. The van der Waals surface area contributed by atoms with E-state index in [0.717, 1.165) is 5.56 Å². The third-order valence-corrected chi connectivity index (χ3v) is 4.27. The molecule has 0 aliphatic carbocycles. The number of hydrogen-bond donors (Lipinski definition) is 2. The zero-order valence-electron chi connectivity index (χ0n) is 16.7. The van der Waals surface area contributed by atoms with E-state index in [1.54, 1.807) is 12.1 Å². The van der Waals surface area contributed by atoms with Gasteiger partial charge in [-0.05, 0) is 36.2 Å². The summed E-state index contributed by atoms with van der Waals surface area (Å²) in [5.41, 5.74) is 6.01. The normalized spacial score (nSPS) is 10.5. The molecule has 168 valence electrons. The van der Waals surface area contributed by atoms with Gasteiger partial charge in [0, 0.05) is 12.1 Å². The van der Waals surface area contributed by atoms with Gasteiger partial charge in [-0.3, -0.25) is 9.59 Å². The number of primary amides is 1. The fourth-order valence-electron chi connectivity index (χ4n) is 2.62. The zero-order chi connectivity index (χ0) is 23.0. The highest BCUT2D eigenvalue weighted by atomic mass is 35.5. The summed E-state index contributed by atoms with van der Waals surface area (Å²) < 4.78 is 44.6. The summed E-state index contributed by atoms with van der Waals surface area (Å²) >= 11 is 6.14. The van der Waals surface area contributed by atoms with Crippen molar-refractivity contribution in [2.24, 2.45) is 5.73 Å². The SMILES string of the molecule is COc1cc(CCNC(=O)c2cc(Cl)c(OCC(N)=O)c(OC)c2)ccc1OC(F)F. The Balaban J connectivity index is 2.02. The van der Waals surface area contributed by atoms with E-state index in [1.165, 1.54) is 32.4 Å². The Morgan fingerprint density at radius 1 is 1.10 bits per heavy atom. The molecule has 0 aliphatic rings. The van der Waals surface area contributed by atoms with Crippen LogP contribution in [0.4, 0.5) is 8.78 Å². The number of amides is 2. The minimum atomic E-state index is -2.96. The van der Waals surface area contributed by atoms with Gasteiger partial charge < -0.3 is 30.0 Å². The fourth-order valence-corrected chi connectivity index (χ4v) is 2.88. The van der Waals surface area contributed by atoms with Gasteiger partial charge in [0.05, 0.1) is 19.2 Å². The van der Waals surface area contributed by atoms with Crippen molar-refractivity contribution in [1.82, 2.24) is 5.32 Å². The largest absolute Gasteiger partial charge is 0.493 e. The van der Waals surface area contributed by atoms with E-state index < -0.39 is 25.0 Å². The Morgan fingerprint density at radius 3 is 2.42 bits per heavy atom. The van der Waals surface area contributed by atoms with Crippen molar-refractivity contribution in [3.8, 4) is 23.0 Å². The molecule has 0 fully saturated rings. The van der Waals surface area contributed by atoms with Gasteiger partial charge in [-0.15, -0.1) is 0 Å². The monoisotopic (exact) mass is 458 g/mol. The van der Waals surface area contributed by atoms with Crippen molar-refractivity contribution in [2.45, 2.75) is 13.0 Å². The lowest BCUT2D eigenvalue weighted by Gasteiger charge is -2.14. The molecule has 11 heteroatoms. The molecule has 31 heavy (non-hydrogen) atoms. The number of nitrogens with one attached hydrogen (secondary N) is 1. The molecule has 0 heterocycles. The fraction of sp³-hybridized carbons (Fsp3) is 0.300. The maximum atomic E-state index is 12.5. The molecule has 2 amide bonds. The predicted molar refractivity (Wildman–Crippen MR) is 108 cm³/mol. The van der Waals surface area contributed by atoms with Crippen molar-refractivity contribution in [3.05, 3.63) is 46.5 Å². The van der Waals surface area contributed by atoms with Crippen LogP contribution in [0.25, 0.3) is 0 Å². The minimum absolute atomic E-state index is 0.0742. The van der Waals surface area contributed by atoms with Crippen LogP contribution in [-0.2, 0) is 11.2 Å². The van der Waals surface area contributed by atoms with Crippen LogP contribution < -0.4 is 30.0 Å². The molecule has 0 unspecified atom stereocenters. The second kappa shape index (κ2) is 11.2. The molecule has 0 aliphatic heterocycles. The van der Waals surface area contributed by atoms with Crippen LogP contribution in [0, 0.1) is 0 Å². The lowest BCUT2D eigenvalue weighted by atomic mass is 10.1. The number of alkyl halides is 2. The highest BCUT2D eigenvalue weighted by Crippen LogP contribution is 2.36. The van der Waals surface area contributed by atoms with Gasteiger partial charge in [0.25, 0.3) is 11.8 Å². The van der Waals surface area contributed by atoms with Crippen molar-refractivity contribution in [2.75, 3.05) is 27.4 Å². The van der Waals surface area contributed by atoms with Crippen LogP contribution in [0.15, 0.2) is 30.3 Å². The number of nitrogens with two attached hydrogens (primary N) is 1. The summed E-state index contributed by atoms with van der Waals surface area (Å²) in [4.78, 5) is 23.4. The molecule has 0 saturated carbocycles. The molecule has 0 aromatic heterocycles. The summed E-state index contributed by atoms with van der Waals surface area (Å²) in [5, 5.41) is 2.79.